The fourth-order valence-electron chi connectivity index (χ4n) is 0.937. The smallest absolute Gasteiger partial charge is 0.271 e. The SMILES string of the molecule is Cc1ccc(F)c(C(=O)NN)c1F. The lowest BCUT2D eigenvalue weighted by atomic mass is 10.1. The minimum Gasteiger partial charge on any atom is -0.290 e. The highest BCUT2D eigenvalue weighted by Crippen LogP contribution is 2.15. The second-order valence-corrected chi connectivity index (χ2v) is 2.53. The maximum absolute atomic E-state index is 13.1. The molecule has 0 saturated heterocycles. The van der Waals surface area contributed by atoms with Gasteiger partial charge in [0.25, 0.3) is 5.91 Å². The number of nitrogens with two attached hydrogens (primary N) is 1. The van der Waals surface area contributed by atoms with Crippen molar-refractivity contribution in [3.05, 3.63) is 34.9 Å². The second-order valence-electron chi connectivity index (χ2n) is 2.53. The first-order chi connectivity index (χ1) is 6.07. The van der Waals surface area contributed by atoms with Gasteiger partial charge in [0.15, 0.2) is 0 Å². The third kappa shape index (κ3) is 1.65. The number of aryl methyl sites for hydroxylation is 1. The van der Waals surface area contributed by atoms with Gasteiger partial charge in [-0.15, -0.1) is 0 Å². The summed E-state index contributed by atoms with van der Waals surface area (Å²) in [6, 6.07) is 2.26. The lowest BCUT2D eigenvalue weighted by molar-refractivity contribution is 0.0945. The molecule has 0 unspecified atom stereocenters. The van der Waals surface area contributed by atoms with Crippen molar-refractivity contribution in [3.8, 4) is 0 Å². The average Bonchev–Trinajstić information content (AvgIpc) is 2.12. The number of hydrazine groups is 1. The summed E-state index contributed by atoms with van der Waals surface area (Å²) < 4.78 is 26.1. The Kier molecular flexibility index (Phi) is 2.57. The van der Waals surface area contributed by atoms with Crippen molar-refractivity contribution in [2.24, 2.45) is 5.84 Å². The standard InChI is InChI=1S/C8H8F2N2O/c1-4-2-3-5(9)6(7(4)10)8(13)12-11/h2-3H,11H2,1H3,(H,12,13). The van der Waals surface area contributed by atoms with Gasteiger partial charge in [0.2, 0.25) is 0 Å². The molecule has 5 heteroatoms. The van der Waals surface area contributed by atoms with E-state index in [0.29, 0.717) is 0 Å². The van der Waals surface area contributed by atoms with Crippen LogP contribution in [0.4, 0.5) is 8.78 Å². The fraction of sp³-hybridized carbons (Fsp3) is 0.125. The van der Waals surface area contributed by atoms with Crippen LogP contribution in [0.1, 0.15) is 15.9 Å². The Bertz CT molecular complexity index is 352. The van der Waals surface area contributed by atoms with Gasteiger partial charge in [-0.25, -0.2) is 14.6 Å². The van der Waals surface area contributed by atoms with Crippen LogP contribution in [-0.4, -0.2) is 5.91 Å². The van der Waals surface area contributed by atoms with Gasteiger partial charge in [0.1, 0.15) is 17.2 Å². The van der Waals surface area contributed by atoms with E-state index in [1.165, 1.54) is 13.0 Å². The number of hydrogen-bond acceptors (Lipinski definition) is 2. The Morgan fingerprint density at radius 2 is 2.08 bits per heavy atom. The molecule has 0 saturated carbocycles. The highest BCUT2D eigenvalue weighted by atomic mass is 19.1. The normalized spacial score (nSPS) is 9.85. The largest absolute Gasteiger partial charge is 0.290 e. The Hall–Kier alpha value is -1.49. The summed E-state index contributed by atoms with van der Waals surface area (Å²) in [4.78, 5) is 10.9. The van der Waals surface area contributed by atoms with E-state index in [2.05, 4.69) is 0 Å². The first kappa shape index (κ1) is 9.60. The van der Waals surface area contributed by atoms with Gasteiger partial charge in [0, 0.05) is 0 Å². The number of carbonyl (C=O) groups is 1. The van der Waals surface area contributed by atoms with Gasteiger partial charge in [-0.2, -0.15) is 0 Å². The number of hydrogen-bond donors (Lipinski definition) is 2. The number of halogens is 2. The molecule has 0 aliphatic heterocycles. The summed E-state index contributed by atoms with van der Waals surface area (Å²) in [6.45, 7) is 1.43. The lowest BCUT2D eigenvalue weighted by Gasteiger charge is -2.04. The van der Waals surface area contributed by atoms with E-state index in [0.717, 1.165) is 6.07 Å². The maximum atomic E-state index is 13.1. The van der Waals surface area contributed by atoms with E-state index < -0.39 is 23.1 Å². The molecule has 3 nitrogen and oxygen atoms in total. The predicted molar refractivity (Wildman–Crippen MR) is 42.7 cm³/mol. The van der Waals surface area contributed by atoms with E-state index in [1.54, 1.807) is 5.43 Å². The van der Waals surface area contributed by atoms with Gasteiger partial charge in [0.05, 0.1) is 0 Å². The molecular weight excluding hydrogens is 178 g/mol. The molecule has 0 spiro atoms. The average molecular weight is 186 g/mol. The molecule has 1 rings (SSSR count). The van der Waals surface area contributed by atoms with Crippen molar-refractivity contribution in [1.82, 2.24) is 5.43 Å². The Labute approximate surface area is 73.5 Å². The molecule has 0 radical (unpaired) electrons. The molecule has 0 aliphatic rings. The Balaban J connectivity index is 3.33. The van der Waals surface area contributed by atoms with Crippen molar-refractivity contribution in [2.75, 3.05) is 0 Å². The van der Waals surface area contributed by atoms with Gasteiger partial charge in [-0.1, -0.05) is 6.07 Å². The summed E-state index contributed by atoms with van der Waals surface area (Å²) in [5.41, 5.74) is 1.22. The fourth-order valence-corrected chi connectivity index (χ4v) is 0.937. The molecule has 0 aromatic heterocycles. The van der Waals surface area contributed by atoms with Crippen LogP contribution < -0.4 is 11.3 Å². The third-order valence-corrected chi connectivity index (χ3v) is 1.64. The van der Waals surface area contributed by atoms with Gasteiger partial charge >= 0.3 is 0 Å². The number of nitrogens with one attached hydrogen (secondary N) is 1. The second kappa shape index (κ2) is 3.49. The third-order valence-electron chi connectivity index (χ3n) is 1.64. The summed E-state index contributed by atoms with van der Waals surface area (Å²) in [5, 5.41) is 0. The van der Waals surface area contributed by atoms with Crippen molar-refractivity contribution in [2.45, 2.75) is 6.92 Å². The van der Waals surface area contributed by atoms with Crippen LogP contribution in [-0.2, 0) is 0 Å². The first-order valence-corrected chi connectivity index (χ1v) is 3.53. The van der Waals surface area contributed by atoms with E-state index >= 15 is 0 Å². The number of amides is 1. The van der Waals surface area contributed by atoms with E-state index in [4.69, 9.17) is 5.84 Å². The van der Waals surface area contributed by atoms with Crippen LogP contribution in [0.15, 0.2) is 12.1 Å². The summed E-state index contributed by atoms with van der Waals surface area (Å²) in [7, 11) is 0. The monoisotopic (exact) mass is 186 g/mol. The number of benzene rings is 1. The molecule has 1 amide bonds. The molecule has 0 heterocycles. The molecule has 0 atom stereocenters. The number of nitrogen functional groups attached to an aromatic ring is 1. The van der Waals surface area contributed by atoms with Gasteiger partial charge in [-0.3, -0.25) is 10.2 Å². The first-order valence-electron chi connectivity index (χ1n) is 3.53. The van der Waals surface area contributed by atoms with Crippen LogP contribution in [0.5, 0.6) is 0 Å². The molecule has 13 heavy (non-hydrogen) atoms. The zero-order valence-corrected chi connectivity index (χ0v) is 6.90. The highest BCUT2D eigenvalue weighted by Gasteiger charge is 2.17. The van der Waals surface area contributed by atoms with Crippen LogP contribution in [0.2, 0.25) is 0 Å². The van der Waals surface area contributed by atoms with Crippen molar-refractivity contribution in [3.63, 3.8) is 0 Å². The summed E-state index contributed by atoms with van der Waals surface area (Å²) in [5.74, 6) is 1.97. The van der Waals surface area contributed by atoms with E-state index in [-0.39, 0.29) is 5.56 Å². The minimum absolute atomic E-state index is 0.194. The van der Waals surface area contributed by atoms with E-state index in [1.807, 2.05) is 0 Å². The topological polar surface area (TPSA) is 55.1 Å². The molecule has 1 aromatic carbocycles. The zero-order valence-electron chi connectivity index (χ0n) is 6.90. The summed E-state index contributed by atoms with van der Waals surface area (Å²) in [6.07, 6.45) is 0. The van der Waals surface area contributed by atoms with Crippen molar-refractivity contribution in [1.29, 1.82) is 0 Å². The molecule has 1 aromatic rings. The van der Waals surface area contributed by atoms with Crippen LogP contribution in [0, 0.1) is 18.6 Å². The molecule has 0 aliphatic carbocycles. The predicted octanol–water partition coefficient (Wildman–Crippen LogP) is 0.877. The maximum Gasteiger partial charge on any atom is 0.271 e. The molecule has 0 fully saturated rings. The minimum atomic E-state index is -0.973. The van der Waals surface area contributed by atoms with Gasteiger partial charge < -0.3 is 0 Å². The molecule has 70 valence electrons. The van der Waals surface area contributed by atoms with Gasteiger partial charge in [-0.05, 0) is 18.6 Å². The summed E-state index contributed by atoms with van der Waals surface area (Å²) >= 11 is 0. The Morgan fingerprint density at radius 1 is 1.46 bits per heavy atom. The number of rotatable bonds is 1. The Morgan fingerprint density at radius 3 is 2.62 bits per heavy atom. The quantitative estimate of drug-likeness (QED) is 0.388. The van der Waals surface area contributed by atoms with Crippen LogP contribution in [0.3, 0.4) is 0 Å². The van der Waals surface area contributed by atoms with Crippen LogP contribution >= 0.6 is 0 Å². The number of carbonyl (C=O) groups excluding carboxylic acids is 1. The van der Waals surface area contributed by atoms with Crippen molar-refractivity contribution < 1.29 is 13.6 Å². The molecule has 3 N–H and O–H groups in total. The molecular formula is C8H8F2N2O. The lowest BCUT2D eigenvalue weighted by Crippen LogP contribution is -2.31. The zero-order chi connectivity index (χ0) is 10.0. The van der Waals surface area contributed by atoms with Crippen LogP contribution in [0.25, 0.3) is 0 Å². The van der Waals surface area contributed by atoms with E-state index in [9.17, 15) is 13.6 Å². The van der Waals surface area contributed by atoms with Crippen molar-refractivity contribution >= 4 is 5.91 Å². The molecule has 0 bridgehead atoms. The highest BCUT2D eigenvalue weighted by molar-refractivity contribution is 5.94.